The number of rotatable bonds is 4. The number of carbonyl (C=O) groups excluding carboxylic acids is 1. The topological polar surface area (TPSA) is 70.4 Å². The van der Waals surface area contributed by atoms with Gasteiger partial charge < -0.3 is 14.7 Å². The first-order valence-corrected chi connectivity index (χ1v) is 10.0. The summed E-state index contributed by atoms with van der Waals surface area (Å²) in [6, 6.07) is 7.91. The smallest absolute Gasteiger partial charge is 0.272 e. The van der Waals surface area contributed by atoms with E-state index >= 15 is 0 Å². The highest BCUT2D eigenvalue weighted by Gasteiger charge is 2.26. The summed E-state index contributed by atoms with van der Waals surface area (Å²) in [5, 5.41) is 14.9. The predicted octanol–water partition coefficient (Wildman–Crippen LogP) is 1.97. The molecule has 0 unspecified atom stereocenters. The molecule has 3 aromatic heterocycles. The molecule has 4 rings (SSSR count). The van der Waals surface area contributed by atoms with Gasteiger partial charge in [0.1, 0.15) is 11.4 Å². The van der Waals surface area contributed by atoms with E-state index in [1.54, 1.807) is 22.2 Å². The van der Waals surface area contributed by atoms with Crippen LogP contribution in [0.2, 0.25) is 0 Å². The Labute approximate surface area is 168 Å². The number of hydrogen-bond acceptors (Lipinski definition) is 7. The van der Waals surface area contributed by atoms with Gasteiger partial charge in [-0.1, -0.05) is 6.07 Å². The first-order valence-electron chi connectivity index (χ1n) is 9.15. The minimum absolute atomic E-state index is 0.0191. The summed E-state index contributed by atoms with van der Waals surface area (Å²) < 4.78 is 1.68. The number of aryl methyl sites for hydroxylation is 1. The molecule has 0 spiro atoms. The molecular weight excluding hydrogens is 374 g/mol. The van der Waals surface area contributed by atoms with E-state index in [1.807, 2.05) is 60.6 Å². The van der Waals surface area contributed by atoms with Crippen LogP contribution in [0.3, 0.4) is 0 Å². The summed E-state index contributed by atoms with van der Waals surface area (Å²) in [5.74, 6) is 0.865. The molecular formula is C19H23N7OS. The van der Waals surface area contributed by atoms with E-state index in [0.29, 0.717) is 18.8 Å². The average Bonchev–Trinajstić information content (AvgIpc) is 3.37. The van der Waals surface area contributed by atoms with Crippen molar-refractivity contribution in [1.29, 1.82) is 0 Å². The van der Waals surface area contributed by atoms with Gasteiger partial charge in [0.25, 0.3) is 5.91 Å². The molecule has 0 atom stereocenters. The van der Waals surface area contributed by atoms with Gasteiger partial charge in [-0.05, 0) is 17.5 Å². The molecule has 0 saturated carbocycles. The first-order chi connectivity index (χ1) is 13.5. The van der Waals surface area contributed by atoms with Crippen molar-refractivity contribution in [2.75, 3.05) is 50.1 Å². The second-order valence-electron chi connectivity index (χ2n) is 6.96. The van der Waals surface area contributed by atoms with E-state index in [1.165, 1.54) is 0 Å². The van der Waals surface area contributed by atoms with E-state index < -0.39 is 0 Å². The minimum Gasteiger partial charge on any atom is -0.376 e. The van der Waals surface area contributed by atoms with E-state index in [0.717, 1.165) is 35.2 Å². The molecule has 28 heavy (non-hydrogen) atoms. The Kier molecular flexibility index (Phi) is 4.99. The molecule has 0 radical (unpaired) electrons. The van der Waals surface area contributed by atoms with Crippen molar-refractivity contribution < 1.29 is 4.79 Å². The number of thiophene rings is 1. The number of anilines is 2. The van der Waals surface area contributed by atoms with Crippen LogP contribution >= 0.6 is 11.3 Å². The Balaban J connectivity index is 1.44. The number of amides is 1. The van der Waals surface area contributed by atoms with Crippen molar-refractivity contribution in [3.8, 4) is 10.6 Å². The van der Waals surface area contributed by atoms with Crippen LogP contribution in [0.5, 0.6) is 0 Å². The Morgan fingerprint density at radius 1 is 1.18 bits per heavy atom. The first kappa shape index (κ1) is 18.4. The molecule has 1 aliphatic heterocycles. The summed E-state index contributed by atoms with van der Waals surface area (Å²) in [4.78, 5) is 20.1. The largest absolute Gasteiger partial charge is 0.376 e. The van der Waals surface area contributed by atoms with Crippen LogP contribution < -0.4 is 9.80 Å². The maximum atomic E-state index is 13.0. The van der Waals surface area contributed by atoms with Crippen molar-refractivity contribution in [2.45, 2.75) is 0 Å². The molecule has 1 amide bonds. The Morgan fingerprint density at radius 2 is 1.96 bits per heavy atom. The molecule has 1 saturated heterocycles. The second kappa shape index (κ2) is 7.59. The van der Waals surface area contributed by atoms with Gasteiger partial charge in [0, 0.05) is 53.4 Å². The van der Waals surface area contributed by atoms with Crippen LogP contribution in [-0.2, 0) is 7.05 Å². The van der Waals surface area contributed by atoms with Gasteiger partial charge in [-0.3, -0.25) is 9.48 Å². The van der Waals surface area contributed by atoms with Crippen molar-refractivity contribution in [3.05, 3.63) is 41.5 Å². The Hall–Kier alpha value is -2.94. The SMILES string of the molecule is CN(C)c1cnnc(N2CCN(C(=O)c3cc(-c4cccs4)nn3C)CC2)c1. The molecule has 1 fully saturated rings. The van der Waals surface area contributed by atoms with Gasteiger partial charge in [0.05, 0.1) is 16.8 Å². The molecule has 0 aliphatic carbocycles. The zero-order valence-corrected chi connectivity index (χ0v) is 17.1. The highest BCUT2D eigenvalue weighted by atomic mass is 32.1. The average molecular weight is 398 g/mol. The van der Waals surface area contributed by atoms with Gasteiger partial charge in [0.15, 0.2) is 5.82 Å². The molecule has 0 aromatic carbocycles. The molecule has 1 aliphatic rings. The summed E-state index contributed by atoms with van der Waals surface area (Å²) >= 11 is 1.62. The molecule has 9 heteroatoms. The highest BCUT2D eigenvalue weighted by molar-refractivity contribution is 7.13. The molecule has 0 bridgehead atoms. The lowest BCUT2D eigenvalue weighted by molar-refractivity contribution is 0.0735. The quantitative estimate of drug-likeness (QED) is 0.670. The maximum absolute atomic E-state index is 13.0. The molecule has 146 valence electrons. The van der Waals surface area contributed by atoms with Crippen LogP contribution in [-0.4, -0.2) is 71.1 Å². The lowest BCUT2D eigenvalue weighted by Gasteiger charge is -2.35. The van der Waals surface area contributed by atoms with Crippen LogP contribution in [0.25, 0.3) is 10.6 Å². The predicted molar refractivity (Wildman–Crippen MR) is 111 cm³/mol. The lowest BCUT2D eigenvalue weighted by atomic mass is 10.2. The van der Waals surface area contributed by atoms with Gasteiger partial charge >= 0.3 is 0 Å². The van der Waals surface area contributed by atoms with Crippen LogP contribution in [0, 0.1) is 0 Å². The van der Waals surface area contributed by atoms with Gasteiger partial charge in [-0.2, -0.15) is 10.2 Å². The third kappa shape index (κ3) is 3.57. The van der Waals surface area contributed by atoms with Crippen molar-refractivity contribution in [1.82, 2.24) is 24.9 Å². The van der Waals surface area contributed by atoms with Crippen molar-refractivity contribution >= 4 is 28.7 Å². The summed E-state index contributed by atoms with van der Waals surface area (Å²) in [6.07, 6.45) is 1.75. The van der Waals surface area contributed by atoms with Gasteiger partial charge in [0.2, 0.25) is 0 Å². The van der Waals surface area contributed by atoms with E-state index in [9.17, 15) is 4.79 Å². The number of piperazine rings is 1. The zero-order valence-electron chi connectivity index (χ0n) is 16.2. The van der Waals surface area contributed by atoms with Gasteiger partial charge in [-0.15, -0.1) is 16.4 Å². The minimum atomic E-state index is 0.0191. The summed E-state index contributed by atoms with van der Waals surface area (Å²) in [6.45, 7) is 2.75. The number of nitrogens with zero attached hydrogens (tertiary/aromatic N) is 7. The highest BCUT2D eigenvalue weighted by Crippen LogP contribution is 2.25. The third-order valence-corrected chi connectivity index (χ3v) is 5.80. The van der Waals surface area contributed by atoms with E-state index in [2.05, 4.69) is 20.2 Å². The second-order valence-corrected chi connectivity index (χ2v) is 7.91. The fourth-order valence-electron chi connectivity index (χ4n) is 3.26. The summed E-state index contributed by atoms with van der Waals surface area (Å²) in [7, 11) is 5.79. The van der Waals surface area contributed by atoms with Crippen LogP contribution in [0.1, 0.15) is 10.5 Å². The number of aromatic nitrogens is 4. The van der Waals surface area contributed by atoms with E-state index in [4.69, 9.17) is 0 Å². The normalized spacial score (nSPS) is 14.4. The lowest BCUT2D eigenvalue weighted by Crippen LogP contribution is -2.49. The van der Waals surface area contributed by atoms with Crippen molar-refractivity contribution in [3.63, 3.8) is 0 Å². The fraction of sp³-hybridized carbons (Fsp3) is 0.368. The zero-order chi connectivity index (χ0) is 19.7. The number of hydrogen-bond donors (Lipinski definition) is 0. The van der Waals surface area contributed by atoms with Crippen LogP contribution in [0.4, 0.5) is 11.5 Å². The van der Waals surface area contributed by atoms with E-state index in [-0.39, 0.29) is 5.91 Å². The third-order valence-electron chi connectivity index (χ3n) is 4.91. The van der Waals surface area contributed by atoms with Gasteiger partial charge in [-0.25, -0.2) is 0 Å². The monoisotopic (exact) mass is 397 g/mol. The maximum Gasteiger partial charge on any atom is 0.272 e. The Morgan fingerprint density at radius 3 is 2.64 bits per heavy atom. The van der Waals surface area contributed by atoms with Crippen LogP contribution in [0.15, 0.2) is 35.8 Å². The molecule has 3 aromatic rings. The standard InChI is InChI=1S/C19H23N7OS/c1-23(2)14-11-18(21-20-13-14)25-6-8-26(9-7-25)19(27)16-12-15(22-24(16)3)17-5-4-10-28-17/h4-5,10-13H,6-9H2,1-3H3. The molecule has 0 N–H and O–H groups in total. The summed E-state index contributed by atoms with van der Waals surface area (Å²) in [5.41, 5.74) is 2.47. The molecule has 4 heterocycles. The van der Waals surface area contributed by atoms with Crippen molar-refractivity contribution in [2.24, 2.45) is 7.05 Å². The Bertz CT molecular complexity index is 959. The number of carbonyl (C=O) groups is 1. The fourth-order valence-corrected chi connectivity index (χ4v) is 3.94. The molecule has 8 nitrogen and oxygen atoms in total.